The van der Waals surface area contributed by atoms with Crippen LogP contribution in [-0.4, -0.2) is 9.97 Å². The molecule has 46 heavy (non-hydrogen) atoms. The van der Waals surface area contributed by atoms with Gasteiger partial charge in [0.2, 0.25) is 0 Å². The largest absolute Gasteiger partial charge is 0.454 e. The summed E-state index contributed by atoms with van der Waals surface area (Å²) in [5.41, 5.74) is 10.0. The van der Waals surface area contributed by atoms with Gasteiger partial charge in [0, 0.05) is 33.3 Å². The molecule has 0 atom stereocenters. The van der Waals surface area contributed by atoms with Crippen LogP contribution in [-0.2, 0) is 0 Å². The number of para-hydroxylation sites is 4. The van der Waals surface area contributed by atoms with Crippen LogP contribution in [0.25, 0.3) is 66.3 Å². The van der Waals surface area contributed by atoms with Crippen molar-refractivity contribution in [2.45, 2.75) is 0 Å². The third-order valence-corrected chi connectivity index (χ3v) is 8.62. The Hall–Kier alpha value is -6.26. The van der Waals surface area contributed by atoms with E-state index in [4.69, 9.17) is 14.4 Å². The van der Waals surface area contributed by atoms with Gasteiger partial charge in [0.05, 0.1) is 28.1 Å². The molecule has 0 N–H and O–H groups in total. The summed E-state index contributed by atoms with van der Waals surface area (Å²) < 4.78 is 6.80. The number of hydrogen-bond donors (Lipinski definition) is 0. The highest BCUT2D eigenvalue weighted by atomic mass is 16.3. The fraction of sp³-hybridized carbons (Fsp3) is 0. The molecule has 0 aliphatic heterocycles. The molecular formula is C42H27N3O. The lowest BCUT2D eigenvalue weighted by Gasteiger charge is -2.26. The van der Waals surface area contributed by atoms with E-state index in [-0.39, 0.29) is 0 Å². The van der Waals surface area contributed by atoms with Crippen LogP contribution in [0.5, 0.6) is 0 Å². The molecule has 216 valence electrons. The van der Waals surface area contributed by atoms with Crippen molar-refractivity contribution in [3.05, 3.63) is 164 Å². The van der Waals surface area contributed by atoms with Gasteiger partial charge in [0.1, 0.15) is 5.58 Å². The van der Waals surface area contributed by atoms with Gasteiger partial charge in [-0.2, -0.15) is 0 Å². The van der Waals surface area contributed by atoms with Crippen molar-refractivity contribution in [2.75, 3.05) is 4.90 Å². The molecule has 0 aliphatic carbocycles. The average Bonchev–Trinajstić information content (AvgIpc) is 3.52. The molecular weight excluding hydrogens is 562 g/mol. The number of anilines is 3. The maximum Gasteiger partial charge on any atom is 0.160 e. The van der Waals surface area contributed by atoms with Crippen molar-refractivity contribution in [1.29, 1.82) is 0 Å². The van der Waals surface area contributed by atoms with Gasteiger partial charge in [-0.05, 0) is 65.4 Å². The van der Waals surface area contributed by atoms with Crippen LogP contribution in [0.2, 0.25) is 0 Å². The highest BCUT2D eigenvalue weighted by Gasteiger charge is 2.24. The fourth-order valence-corrected chi connectivity index (χ4v) is 6.49. The molecule has 0 aliphatic rings. The summed E-state index contributed by atoms with van der Waals surface area (Å²) >= 11 is 0. The second-order valence-electron chi connectivity index (χ2n) is 11.4. The van der Waals surface area contributed by atoms with Crippen molar-refractivity contribution >= 4 is 60.8 Å². The third kappa shape index (κ3) is 4.31. The summed E-state index contributed by atoms with van der Waals surface area (Å²) in [7, 11) is 0. The maximum absolute atomic E-state index is 6.80. The molecule has 0 unspecified atom stereocenters. The van der Waals surface area contributed by atoms with Crippen LogP contribution < -0.4 is 4.90 Å². The molecule has 0 amide bonds. The van der Waals surface area contributed by atoms with Crippen LogP contribution in [0.1, 0.15) is 0 Å². The maximum atomic E-state index is 6.80. The first-order chi connectivity index (χ1) is 22.8. The lowest BCUT2D eigenvalue weighted by Crippen LogP contribution is -2.10. The molecule has 2 heterocycles. The summed E-state index contributed by atoms with van der Waals surface area (Å²) in [4.78, 5) is 12.7. The molecule has 0 radical (unpaired) electrons. The smallest absolute Gasteiger partial charge is 0.160 e. The molecule has 2 aromatic heterocycles. The quantitative estimate of drug-likeness (QED) is 0.200. The minimum absolute atomic E-state index is 0.796. The Morgan fingerprint density at radius 1 is 0.478 bits per heavy atom. The van der Waals surface area contributed by atoms with E-state index in [9.17, 15) is 0 Å². The van der Waals surface area contributed by atoms with E-state index in [1.54, 1.807) is 0 Å². The Morgan fingerprint density at radius 2 is 1.13 bits per heavy atom. The molecule has 4 nitrogen and oxygen atoms in total. The molecule has 4 heteroatoms. The van der Waals surface area contributed by atoms with Gasteiger partial charge in [-0.15, -0.1) is 0 Å². The Bertz CT molecular complexity index is 2540. The standard InChI is InChI=1S/C42H27N3O/c1-3-14-29(15-4-1)40-41(44-36-21-11-10-20-35(36)43-40)34-25-26-37(42-39(34)33-19-9-12-22-38(33)46-42)45(31-17-5-2-6-18-31)32-24-23-28-13-7-8-16-30(28)27-32/h1-27H. The SMILES string of the molecule is c1ccc(-c2nc3ccccc3nc2-c2ccc(N(c3ccccc3)c3ccc4ccccc4c3)c3oc4ccccc4c23)cc1. The van der Waals surface area contributed by atoms with E-state index in [0.717, 1.165) is 72.5 Å². The zero-order chi connectivity index (χ0) is 30.5. The number of benzene rings is 7. The second kappa shape index (κ2) is 10.7. The first-order valence-corrected chi connectivity index (χ1v) is 15.4. The number of aromatic nitrogens is 2. The van der Waals surface area contributed by atoms with E-state index in [0.29, 0.717) is 0 Å². The molecule has 0 bridgehead atoms. The lowest BCUT2D eigenvalue weighted by atomic mass is 9.97. The van der Waals surface area contributed by atoms with Crippen LogP contribution in [0, 0.1) is 0 Å². The highest BCUT2D eigenvalue weighted by molar-refractivity contribution is 6.17. The predicted molar refractivity (Wildman–Crippen MR) is 190 cm³/mol. The van der Waals surface area contributed by atoms with Gasteiger partial charge >= 0.3 is 0 Å². The Morgan fingerprint density at radius 3 is 1.93 bits per heavy atom. The monoisotopic (exact) mass is 589 g/mol. The average molecular weight is 590 g/mol. The summed E-state index contributed by atoms with van der Waals surface area (Å²) in [5.74, 6) is 0. The Labute approximate surface area is 265 Å². The predicted octanol–water partition coefficient (Wildman–Crippen LogP) is 11.5. The zero-order valence-electron chi connectivity index (χ0n) is 24.8. The van der Waals surface area contributed by atoms with Crippen molar-refractivity contribution in [3.8, 4) is 22.5 Å². The van der Waals surface area contributed by atoms with E-state index in [2.05, 4.69) is 108 Å². The Kier molecular flexibility index (Phi) is 6.10. The van der Waals surface area contributed by atoms with E-state index in [1.165, 1.54) is 10.8 Å². The number of rotatable bonds is 5. The molecule has 0 fully saturated rings. The number of nitrogens with zero attached hydrogens (tertiary/aromatic N) is 3. The molecule has 9 aromatic rings. The van der Waals surface area contributed by atoms with Crippen molar-refractivity contribution in [3.63, 3.8) is 0 Å². The van der Waals surface area contributed by atoms with Gasteiger partial charge < -0.3 is 9.32 Å². The first kappa shape index (κ1) is 26.2. The van der Waals surface area contributed by atoms with Gasteiger partial charge in [0.15, 0.2) is 5.58 Å². The van der Waals surface area contributed by atoms with E-state index in [1.807, 2.05) is 60.7 Å². The minimum Gasteiger partial charge on any atom is -0.454 e. The fourth-order valence-electron chi connectivity index (χ4n) is 6.49. The lowest BCUT2D eigenvalue weighted by molar-refractivity contribution is 0.669. The molecule has 0 saturated heterocycles. The summed E-state index contributed by atoms with van der Waals surface area (Å²) in [6.45, 7) is 0. The van der Waals surface area contributed by atoms with Gasteiger partial charge in [0.25, 0.3) is 0 Å². The van der Waals surface area contributed by atoms with Gasteiger partial charge in [-0.1, -0.05) is 109 Å². The number of furan rings is 1. The summed E-state index contributed by atoms with van der Waals surface area (Å²) in [6, 6.07) is 56.5. The summed E-state index contributed by atoms with van der Waals surface area (Å²) in [5, 5.41) is 4.43. The Balaban J connectivity index is 1.36. The number of fused-ring (bicyclic) bond motifs is 5. The second-order valence-corrected chi connectivity index (χ2v) is 11.4. The molecule has 7 aromatic carbocycles. The normalized spacial score (nSPS) is 11.5. The molecule has 9 rings (SSSR count). The van der Waals surface area contributed by atoms with Crippen LogP contribution in [0.15, 0.2) is 168 Å². The van der Waals surface area contributed by atoms with Crippen molar-refractivity contribution in [1.82, 2.24) is 9.97 Å². The highest BCUT2D eigenvalue weighted by Crippen LogP contribution is 2.47. The topological polar surface area (TPSA) is 42.2 Å². The zero-order valence-corrected chi connectivity index (χ0v) is 24.8. The molecule has 0 saturated carbocycles. The van der Waals surface area contributed by atoms with Crippen molar-refractivity contribution in [2.24, 2.45) is 0 Å². The van der Waals surface area contributed by atoms with Gasteiger partial charge in [-0.3, -0.25) is 0 Å². The van der Waals surface area contributed by atoms with Crippen LogP contribution in [0.4, 0.5) is 17.1 Å². The van der Waals surface area contributed by atoms with Crippen LogP contribution >= 0.6 is 0 Å². The number of hydrogen-bond acceptors (Lipinski definition) is 4. The summed E-state index contributed by atoms with van der Waals surface area (Å²) in [6.07, 6.45) is 0. The van der Waals surface area contributed by atoms with E-state index >= 15 is 0 Å². The first-order valence-electron chi connectivity index (χ1n) is 15.4. The third-order valence-electron chi connectivity index (χ3n) is 8.62. The van der Waals surface area contributed by atoms with Crippen molar-refractivity contribution < 1.29 is 4.42 Å². The molecule has 0 spiro atoms. The minimum atomic E-state index is 0.796. The van der Waals surface area contributed by atoms with Gasteiger partial charge in [-0.25, -0.2) is 9.97 Å². The van der Waals surface area contributed by atoms with Crippen LogP contribution in [0.3, 0.4) is 0 Å². The van der Waals surface area contributed by atoms with E-state index < -0.39 is 0 Å².